The lowest BCUT2D eigenvalue weighted by atomic mass is 9.97. The number of rotatable bonds is 2. The standard InChI is InChI=1S/C7H14FNO/c1-10-5-6-2-3-9-4-7(6)8/h6-7,9H,2-5H2,1H3. The molecular formula is C7H14FNO. The lowest BCUT2D eigenvalue weighted by molar-refractivity contribution is 0.0795. The molecule has 0 amide bonds. The van der Waals surface area contributed by atoms with Crippen LogP contribution in [0.5, 0.6) is 0 Å². The summed E-state index contributed by atoms with van der Waals surface area (Å²) in [6, 6.07) is 0. The fraction of sp³-hybridized carbons (Fsp3) is 1.00. The fourth-order valence-electron chi connectivity index (χ4n) is 1.28. The van der Waals surface area contributed by atoms with Crippen molar-refractivity contribution in [2.24, 2.45) is 5.92 Å². The van der Waals surface area contributed by atoms with Crippen molar-refractivity contribution < 1.29 is 9.13 Å². The molecule has 0 radical (unpaired) electrons. The Kier molecular flexibility index (Phi) is 3.09. The molecule has 0 aromatic carbocycles. The second-order valence-electron chi connectivity index (χ2n) is 2.72. The first-order valence-electron chi connectivity index (χ1n) is 3.68. The summed E-state index contributed by atoms with van der Waals surface area (Å²) in [5.74, 6) is 0.117. The average molecular weight is 147 g/mol. The van der Waals surface area contributed by atoms with E-state index in [2.05, 4.69) is 5.32 Å². The number of alkyl halides is 1. The molecule has 1 N–H and O–H groups in total. The Bertz CT molecular complexity index is 97.6. The molecule has 0 aromatic rings. The predicted molar refractivity (Wildman–Crippen MR) is 37.7 cm³/mol. The monoisotopic (exact) mass is 147 g/mol. The van der Waals surface area contributed by atoms with Gasteiger partial charge in [-0.3, -0.25) is 0 Å². The van der Waals surface area contributed by atoms with Crippen molar-refractivity contribution in [3.05, 3.63) is 0 Å². The third-order valence-corrected chi connectivity index (χ3v) is 1.92. The molecule has 1 rings (SSSR count). The Morgan fingerprint density at radius 2 is 2.50 bits per heavy atom. The van der Waals surface area contributed by atoms with Gasteiger partial charge in [0.05, 0.1) is 6.61 Å². The van der Waals surface area contributed by atoms with Crippen LogP contribution in [-0.4, -0.2) is 33.0 Å². The van der Waals surface area contributed by atoms with Gasteiger partial charge in [-0.05, 0) is 13.0 Å². The van der Waals surface area contributed by atoms with Crippen LogP contribution in [-0.2, 0) is 4.74 Å². The van der Waals surface area contributed by atoms with Gasteiger partial charge >= 0.3 is 0 Å². The first kappa shape index (κ1) is 7.95. The summed E-state index contributed by atoms with van der Waals surface area (Å²) in [5, 5.41) is 2.99. The largest absolute Gasteiger partial charge is 0.384 e. The van der Waals surface area contributed by atoms with Crippen LogP contribution in [0.3, 0.4) is 0 Å². The minimum atomic E-state index is -0.714. The van der Waals surface area contributed by atoms with Gasteiger partial charge in [-0.25, -0.2) is 4.39 Å². The minimum absolute atomic E-state index is 0.117. The molecule has 0 aliphatic carbocycles. The number of ether oxygens (including phenoxy) is 1. The van der Waals surface area contributed by atoms with Crippen LogP contribution in [0.15, 0.2) is 0 Å². The van der Waals surface area contributed by atoms with E-state index in [4.69, 9.17) is 4.74 Å². The molecule has 2 atom stereocenters. The molecule has 1 saturated heterocycles. The van der Waals surface area contributed by atoms with Crippen molar-refractivity contribution in [2.75, 3.05) is 26.8 Å². The Morgan fingerprint density at radius 1 is 1.70 bits per heavy atom. The Balaban J connectivity index is 2.25. The Labute approximate surface area is 60.8 Å². The van der Waals surface area contributed by atoms with E-state index in [1.807, 2.05) is 0 Å². The van der Waals surface area contributed by atoms with Crippen LogP contribution >= 0.6 is 0 Å². The van der Waals surface area contributed by atoms with E-state index < -0.39 is 6.17 Å². The summed E-state index contributed by atoms with van der Waals surface area (Å²) in [7, 11) is 1.62. The van der Waals surface area contributed by atoms with Crippen LogP contribution < -0.4 is 5.32 Å². The van der Waals surface area contributed by atoms with Gasteiger partial charge in [-0.1, -0.05) is 0 Å². The first-order valence-corrected chi connectivity index (χ1v) is 3.68. The molecule has 2 nitrogen and oxygen atoms in total. The second-order valence-corrected chi connectivity index (χ2v) is 2.72. The number of hydrogen-bond donors (Lipinski definition) is 1. The summed E-state index contributed by atoms with van der Waals surface area (Å²) in [5.41, 5.74) is 0. The molecule has 0 saturated carbocycles. The highest BCUT2D eigenvalue weighted by atomic mass is 19.1. The molecule has 0 bridgehead atoms. The topological polar surface area (TPSA) is 21.3 Å². The zero-order chi connectivity index (χ0) is 7.40. The number of methoxy groups -OCH3 is 1. The van der Waals surface area contributed by atoms with Crippen LogP contribution in [0, 0.1) is 5.92 Å². The second kappa shape index (κ2) is 3.88. The quantitative estimate of drug-likeness (QED) is 0.617. The van der Waals surface area contributed by atoms with E-state index in [-0.39, 0.29) is 5.92 Å². The molecule has 2 unspecified atom stereocenters. The van der Waals surface area contributed by atoms with E-state index in [1.165, 1.54) is 0 Å². The molecule has 1 aliphatic rings. The number of hydrogen-bond acceptors (Lipinski definition) is 2. The van der Waals surface area contributed by atoms with Crippen LogP contribution in [0.4, 0.5) is 4.39 Å². The van der Waals surface area contributed by atoms with Crippen LogP contribution in [0.1, 0.15) is 6.42 Å². The van der Waals surface area contributed by atoms with Crippen molar-refractivity contribution in [1.29, 1.82) is 0 Å². The highest BCUT2D eigenvalue weighted by Gasteiger charge is 2.23. The Morgan fingerprint density at radius 3 is 3.10 bits per heavy atom. The van der Waals surface area contributed by atoms with E-state index >= 15 is 0 Å². The molecule has 10 heavy (non-hydrogen) atoms. The molecule has 1 heterocycles. The summed E-state index contributed by atoms with van der Waals surface area (Å²) in [6.07, 6.45) is 0.184. The van der Waals surface area contributed by atoms with E-state index in [9.17, 15) is 4.39 Å². The normalized spacial score (nSPS) is 34.2. The molecular weight excluding hydrogens is 133 g/mol. The fourth-order valence-corrected chi connectivity index (χ4v) is 1.28. The number of piperidine rings is 1. The molecule has 1 aliphatic heterocycles. The molecule has 3 heteroatoms. The van der Waals surface area contributed by atoms with Crippen molar-refractivity contribution in [1.82, 2.24) is 5.32 Å². The molecule has 0 spiro atoms. The lowest BCUT2D eigenvalue weighted by Crippen LogP contribution is -2.39. The van der Waals surface area contributed by atoms with Crippen LogP contribution in [0.25, 0.3) is 0 Å². The van der Waals surface area contributed by atoms with Crippen molar-refractivity contribution in [3.63, 3.8) is 0 Å². The van der Waals surface area contributed by atoms with Gasteiger partial charge in [0.2, 0.25) is 0 Å². The van der Waals surface area contributed by atoms with Crippen molar-refractivity contribution in [3.8, 4) is 0 Å². The minimum Gasteiger partial charge on any atom is -0.384 e. The number of halogens is 1. The summed E-state index contributed by atoms with van der Waals surface area (Å²) >= 11 is 0. The van der Waals surface area contributed by atoms with E-state index in [0.29, 0.717) is 13.2 Å². The number of nitrogens with one attached hydrogen (secondary N) is 1. The highest BCUT2D eigenvalue weighted by molar-refractivity contribution is 4.76. The summed E-state index contributed by atoms with van der Waals surface area (Å²) in [4.78, 5) is 0. The zero-order valence-corrected chi connectivity index (χ0v) is 6.27. The maximum atomic E-state index is 12.9. The smallest absolute Gasteiger partial charge is 0.118 e. The third kappa shape index (κ3) is 1.92. The van der Waals surface area contributed by atoms with Gasteiger partial charge in [0.15, 0.2) is 0 Å². The first-order chi connectivity index (χ1) is 4.84. The lowest BCUT2D eigenvalue weighted by Gasteiger charge is -2.25. The van der Waals surface area contributed by atoms with Crippen molar-refractivity contribution >= 4 is 0 Å². The Hall–Kier alpha value is -0.150. The van der Waals surface area contributed by atoms with Gasteiger partial charge in [0.1, 0.15) is 6.17 Å². The van der Waals surface area contributed by atoms with E-state index in [1.54, 1.807) is 7.11 Å². The average Bonchev–Trinajstić information content (AvgIpc) is 1.94. The molecule has 1 fully saturated rings. The van der Waals surface area contributed by atoms with Gasteiger partial charge in [-0.2, -0.15) is 0 Å². The predicted octanol–water partition coefficient (Wildman–Crippen LogP) is 0.580. The highest BCUT2D eigenvalue weighted by Crippen LogP contribution is 2.15. The van der Waals surface area contributed by atoms with Crippen LogP contribution in [0.2, 0.25) is 0 Å². The molecule has 60 valence electrons. The van der Waals surface area contributed by atoms with E-state index in [0.717, 1.165) is 13.0 Å². The van der Waals surface area contributed by atoms with Gasteiger partial charge in [-0.15, -0.1) is 0 Å². The van der Waals surface area contributed by atoms with Gasteiger partial charge < -0.3 is 10.1 Å². The SMILES string of the molecule is COCC1CCNCC1F. The maximum Gasteiger partial charge on any atom is 0.118 e. The third-order valence-electron chi connectivity index (χ3n) is 1.92. The molecule has 0 aromatic heterocycles. The van der Waals surface area contributed by atoms with Gasteiger partial charge in [0.25, 0.3) is 0 Å². The summed E-state index contributed by atoms with van der Waals surface area (Å²) in [6.45, 7) is 1.98. The van der Waals surface area contributed by atoms with Gasteiger partial charge in [0, 0.05) is 19.6 Å². The summed E-state index contributed by atoms with van der Waals surface area (Å²) < 4.78 is 17.8. The zero-order valence-electron chi connectivity index (χ0n) is 6.27. The van der Waals surface area contributed by atoms with Crippen molar-refractivity contribution in [2.45, 2.75) is 12.6 Å². The maximum absolute atomic E-state index is 12.9.